The first-order chi connectivity index (χ1) is 9.97. The lowest BCUT2D eigenvalue weighted by molar-refractivity contribution is -0.113. The van der Waals surface area contributed by atoms with Crippen LogP contribution in [0.15, 0.2) is 41.3 Å². The summed E-state index contributed by atoms with van der Waals surface area (Å²) in [6.45, 7) is 3.88. The van der Waals surface area contributed by atoms with Gasteiger partial charge in [0.2, 0.25) is 5.91 Å². The summed E-state index contributed by atoms with van der Waals surface area (Å²) in [5, 5.41) is 3.51. The number of nitrogens with one attached hydrogen (secondary N) is 1. The van der Waals surface area contributed by atoms with Crippen molar-refractivity contribution < 1.29 is 4.79 Å². The standard InChI is InChI=1S/C16H17ClN2OS/c1-10-6-7-13(18)15(8-10)21-9-16(20)19-14-5-3-4-12(17)11(14)2/h3-8H,9,18H2,1-2H3,(H,19,20). The van der Waals surface area contributed by atoms with Crippen LogP contribution in [0.5, 0.6) is 0 Å². The van der Waals surface area contributed by atoms with Crippen molar-refractivity contribution in [1.29, 1.82) is 0 Å². The van der Waals surface area contributed by atoms with Crippen LogP contribution in [-0.2, 0) is 4.79 Å². The maximum Gasteiger partial charge on any atom is 0.234 e. The monoisotopic (exact) mass is 320 g/mol. The van der Waals surface area contributed by atoms with Gasteiger partial charge in [0.05, 0.1) is 5.75 Å². The molecule has 0 saturated heterocycles. The van der Waals surface area contributed by atoms with Crippen LogP contribution in [0.25, 0.3) is 0 Å². The van der Waals surface area contributed by atoms with Crippen molar-refractivity contribution in [3.8, 4) is 0 Å². The summed E-state index contributed by atoms with van der Waals surface area (Å²) in [6.07, 6.45) is 0. The van der Waals surface area contributed by atoms with Crippen molar-refractivity contribution in [3.63, 3.8) is 0 Å². The Bertz CT molecular complexity index is 673. The summed E-state index contributed by atoms with van der Waals surface area (Å²) in [7, 11) is 0. The molecule has 0 atom stereocenters. The van der Waals surface area contributed by atoms with Crippen molar-refractivity contribution in [3.05, 3.63) is 52.5 Å². The van der Waals surface area contributed by atoms with Crippen LogP contribution in [0.2, 0.25) is 5.02 Å². The second-order valence-electron chi connectivity index (χ2n) is 4.79. The molecule has 2 aromatic rings. The van der Waals surface area contributed by atoms with Crippen LogP contribution < -0.4 is 11.1 Å². The minimum atomic E-state index is -0.0775. The summed E-state index contributed by atoms with van der Waals surface area (Å²) >= 11 is 7.46. The number of amides is 1. The number of nitrogens with two attached hydrogens (primary N) is 1. The Hall–Kier alpha value is -1.65. The van der Waals surface area contributed by atoms with Crippen LogP contribution >= 0.6 is 23.4 Å². The number of nitrogen functional groups attached to an aromatic ring is 1. The number of hydrogen-bond donors (Lipinski definition) is 2. The van der Waals surface area contributed by atoms with Crippen LogP contribution in [0, 0.1) is 13.8 Å². The molecule has 110 valence electrons. The summed E-state index contributed by atoms with van der Waals surface area (Å²) in [4.78, 5) is 13.0. The van der Waals surface area contributed by atoms with Gasteiger partial charge in [0, 0.05) is 21.3 Å². The summed E-state index contributed by atoms with van der Waals surface area (Å²) < 4.78 is 0. The molecule has 2 aromatic carbocycles. The number of thioether (sulfide) groups is 1. The molecule has 0 aliphatic carbocycles. The lowest BCUT2D eigenvalue weighted by atomic mass is 10.2. The SMILES string of the molecule is Cc1ccc(N)c(SCC(=O)Nc2cccc(Cl)c2C)c1. The molecular weight excluding hydrogens is 304 g/mol. The summed E-state index contributed by atoms with van der Waals surface area (Å²) in [5.41, 5.74) is 9.33. The van der Waals surface area contributed by atoms with Crippen molar-refractivity contribution >= 4 is 40.6 Å². The van der Waals surface area contributed by atoms with E-state index < -0.39 is 0 Å². The predicted molar refractivity (Wildman–Crippen MR) is 91.1 cm³/mol. The van der Waals surface area contributed by atoms with Crippen molar-refractivity contribution in [2.45, 2.75) is 18.7 Å². The molecule has 3 N–H and O–H groups in total. The first kappa shape index (κ1) is 15.7. The highest BCUT2D eigenvalue weighted by Gasteiger charge is 2.08. The van der Waals surface area contributed by atoms with Gasteiger partial charge in [-0.3, -0.25) is 4.79 Å². The van der Waals surface area contributed by atoms with E-state index >= 15 is 0 Å². The van der Waals surface area contributed by atoms with Gasteiger partial charge in [0.15, 0.2) is 0 Å². The van der Waals surface area contributed by atoms with Gasteiger partial charge in [-0.25, -0.2) is 0 Å². The van der Waals surface area contributed by atoms with Crippen molar-refractivity contribution in [1.82, 2.24) is 0 Å². The zero-order valence-corrected chi connectivity index (χ0v) is 13.5. The maximum absolute atomic E-state index is 12.0. The lowest BCUT2D eigenvalue weighted by Crippen LogP contribution is -2.15. The van der Waals surface area contributed by atoms with Gasteiger partial charge >= 0.3 is 0 Å². The summed E-state index contributed by atoms with van der Waals surface area (Å²) in [6, 6.07) is 11.2. The van der Waals surface area contributed by atoms with E-state index in [9.17, 15) is 4.79 Å². The van der Waals surface area contributed by atoms with E-state index in [0.29, 0.717) is 16.5 Å². The highest BCUT2D eigenvalue weighted by atomic mass is 35.5. The van der Waals surface area contributed by atoms with E-state index in [1.165, 1.54) is 11.8 Å². The average Bonchev–Trinajstić information content (AvgIpc) is 2.45. The third-order valence-electron chi connectivity index (χ3n) is 3.07. The second-order valence-corrected chi connectivity index (χ2v) is 6.21. The molecule has 5 heteroatoms. The van der Waals surface area contributed by atoms with Gasteiger partial charge in [-0.05, 0) is 49.2 Å². The largest absolute Gasteiger partial charge is 0.398 e. The van der Waals surface area contributed by atoms with Gasteiger partial charge in [-0.15, -0.1) is 11.8 Å². The minimum absolute atomic E-state index is 0.0775. The van der Waals surface area contributed by atoms with E-state index in [1.54, 1.807) is 6.07 Å². The first-order valence-corrected chi connectivity index (χ1v) is 7.87. The predicted octanol–water partition coefficient (Wildman–Crippen LogP) is 4.27. The van der Waals surface area contributed by atoms with Crippen molar-refractivity contribution in [2.24, 2.45) is 0 Å². The number of carbonyl (C=O) groups is 1. The molecule has 0 aliphatic heterocycles. The molecule has 0 bridgehead atoms. The molecule has 0 unspecified atom stereocenters. The van der Waals surface area contributed by atoms with Gasteiger partial charge in [-0.1, -0.05) is 23.7 Å². The number of hydrogen-bond acceptors (Lipinski definition) is 3. The Morgan fingerprint density at radius 2 is 2.05 bits per heavy atom. The Morgan fingerprint density at radius 1 is 1.29 bits per heavy atom. The molecule has 0 heterocycles. The topological polar surface area (TPSA) is 55.1 Å². The Balaban J connectivity index is 1.99. The molecule has 0 fully saturated rings. The fourth-order valence-electron chi connectivity index (χ4n) is 1.84. The van der Waals surface area contributed by atoms with Crippen LogP contribution in [0.1, 0.15) is 11.1 Å². The fourth-order valence-corrected chi connectivity index (χ4v) is 2.88. The molecule has 21 heavy (non-hydrogen) atoms. The van der Waals surface area contributed by atoms with Gasteiger partial charge < -0.3 is 11.1 Å². The van der Waals surface area contributed by atoms with Crippen LogP contribution in [-0.4, -0.2) is 11.7 Å². The number of aryl methyl sites for hydroxylation is 1. The molecule has 0 aliphatic rings. The fraction of sp³-hybridized carbons (Fsp3) is 0.188. The second kappa shape index (κ2) is 6.87. The Morgan fingerprint density at radius 3 is 2.81 bits per heavy atom. The quantitative estimate of drug-likeness (QED) is 0.653. The van der Waals surface area contributed by atoms with E-state index in [4.69, 9.17) is 17.3 Å². The molecule has 0 aromatic heterocycles. The molecular formula is C16H17ClN2OS. The summed E-state index contributed by atoms with van der Waals surface area (Å²) in [5.74, 6) is 0.228. The van der Waals surface area contributed by atoms with Crippen LogP contribution in [0.4, 0.5) is 11.4 Å². The highest BCUT2D eigenvalue weighted by Crippen LogP contribution is 2.27. The zero-order chi connectivity index (χ0) is 15.4. The highest BCUT2D eigenvalue weighted by molar-refractivity contribution is 8.00. The zero-order valence-electron chi connectivity index (χ0n) is 11.9. The molecule has 2 rings (SSSR count). The van der Waals surface area contributed by atoms with Crippen molar-refractivity contribution in [2.75, 3.05) is 16.8 Å². The number of carbonyl (C=O) groups excluding carboxylic acids is 1. The number of benzene rings is 2. The van der Waals surface area contributed by atoms with E-state index in [1.807, 2.05) is 44.2 Å². The normalized spacial score (nSPS) is 10.4. The van der Waals surface area contributed by atoms with E-state index in [0.717, 1.165) is 21.7 Å². The maximum atomic E-state index is 12.0. The van der Waals surface area contributed by atoms with Gasteiger partial charge in [0.1, 0.15) is 0 Å². The molecule has 0 saturated carbocycles. The molecule has 3 nitrogen and oxygen atoms in total. The Kier molecular flexibility index (Phi) is 5.15. The first-order valence-electron chi connectivity index (χ1n) is 6.51. The molecule has 1 amide bonds. The van der Waals surface area contributed by atoms with Crippen LogP contribution in [0.3, 0.4) is 0 Å². The molecule has 0 radical (unpaired) electrons. The molecule has 0 spiro atoms. The average molecular weight is 321 g/mol. The minimum Gasteiger partial charge on any atom is -0.398 e. The Labute approximate surface area is 133 Å². The number of anilines is 2. The number of halogens is 1. The van der Waals surface area contributed by atoms with Gasteiger partial charge in [0.25, 0.3) is 0 Å². The third kappa shape index (κ3) is 4.16. The number of rotatable bonds is 4. The third-order valence-corrected chi connectivity index (χ3v) is 4.55. The van der Waals surface area contributed by atoms with E-state index in [2.05, 4.69) is 5.32 Å². The smallest absolute Gasteiger partial charge is 0.234 e. The van der Waals surface area contributed by atoms with E-state index in [-0.39, 0.29) is 5.91 Å². The van der Waals surface area contributed by atoms with Gasteiger partial charge in [-0.2, -0.15) is 0 Å². The lowest BCUT2D eigenvalue weighted by Gasteiger charge is -2.10.